The summed E-state index contributed by atoms with van der Waals surface area (Å²) in [5.41, 5.74) is 3.53. The second kappa shape index (κ2) is 8.78. The van der Waals surface area contributed by atoms with Crippen LogP contribution in [-0.4, -0.2) is 40.1 Å². The fourth-order valence-electron chi connectivity index (χ4n) is 2.64. The number of hydrogen-bond donors (Lipinski definition) is 3. The Bertz CT molecular complexity index is 483. The zero-order chi connectivity index (χ0) is 16.7. The summed E-state index contributed by atoms with van der Waals surface area (Å²) in [4.78, 5) is 11.7. The van der Waals surface area contributed by atoms with Gasteiger partial charge >= 0.3 is 6.03 Å². The quantitative estimate of drug-likeness (QED) is 0.639. The monoisotopic (exact) mass is 310 g/mol. The molecule has 0 aliphatic heterocycles. The van der Waals surface area contributed by atoms with Crippen molar-refractivity contribution in [2.75, 3.05) is 13.1 Å². The molecular weight excluding hydrogens is 280 g/mol. The van der Waals surface area contributed by atoms with Crippen molar-refractivity contribution in [2.24, 2.45) is 13.0 Å². The third kappa shape index (κ3) is 6.05. The summed E-state index contributed by atoms with van der Waals surface area (Å²) in [6.45, 7) is 9.09. The highest BCUT2D eigenvalue weighted by Crippen LogP contribution is 2.13. The zero-order valence-electron chi connectivity index (χ0n) is 14.4. The van der Waals surface area contributed by atoms with E-state index in [-0.39, 0.29) is 18.1 Å². The van der Waals surface area contributed by atoms with Crippen LogP contribution in [0.3, 0.4) is 0 Å². The van der Waals surface area contributed by atoms with Crippen molar-refractivity contribution >= 4 is 6.03 Å². The molecule has 0 radical (unpaired) electrons. The van der Waals surface area contributed by atoms with Crippen molar-refractivity contribution in [1.82, 2.24) is 20.4 Å². The average molecular weight is 310 g/mol. The van der Waals surface area contributed by atoms with Gasteiger partial charge in [-0.3, -0.25) is 4.68 Å². The summed E-state index contributed by atoms with van der Waals surface area (Å²) in [6.07, 6.45) is 2.18. The van der Waals surface area contributed by atoms with E-state index in [9.17, 15) is 9.90 Å². The number of nitrogens with zero attached hydrogens (tertiary/aromatic N) is 2. The Morgan fingerprint density at radius 3 is 2.55 bits per heavy atom. The molecule has 6 nitrogen and oxygen atoms in total. The van der Waals surface area contributed by atoms with Gasteiger partial charge < -0.3 is 15.7 Å². The van der Waals surface area contributed by atoms with E-state index in [0.717, 1.165) is 18.5 Å². The number of carbonyl (C=O) groups excluding carboxylic acids is 1. The molecule has 2 atom stereocenters. The molecule has 6 heteroatoms. The van der Waals surface area contributed by atoms with Crippen molar-refractivity contribution in [1.29, 1.82) is 0 Å². The summed E-state index contributed by atoms with van der Waals surface area (Å²) in [6, 6.07) is -0.142. The number of amides is 2. The van der Waals surface area contributed by atoms with E-state index in [1.807, 2.05) is 25.6 Å². The van der Waals surface area contributed by atoms with Gasteiger partial charge in [0.25, 0.3) is 0 Å². The number of rotatable bonds is 8. The minimum absolute atomic E-state index is 0.142. The van der Waals surface area contributed by atoms with Crippen LogP contribution in [0.5, 0.6) is 0 Å². The average Bonchev–Trinajstić information content (AvgIpc) is 2.66. The number of aromatic nitrogens is 2. The van der Waals surface area contributed by atoms with Gasteiger partial charge in [0.1, 0.15) is 0 Å². The molecule has 22 heavy (non-hydrogen) atoms. The molecule has 0 fully saturated rings. The molecule has 2 unspecified atom stereocenters. The lowest BCUT2D eigenvalue weighted by atomic mass is 10.1. The highest BCUT2D eigenvalue weighted by molar-refractivity contribution is 5.73. The van der Waals surface area contributed by atoms with Crippen LogP contribution in [0.25, 0.3) is 0 Å². The van der Waals surface area contributed by atoms with Gasteiger partial charge in [0.2, 0.25) is 0 Å². The molecule has 1 rings (SSSR count). The number of urea groups is 1. The molecule has 0 aliphatic carbocycles. The summed E-state index contributed by atoms with van der Waals surface area (Å²) >= 11 is 0. The van der Waals surface area contributed by atoms with E-state index >= 15 is 0 Å². The Kier molecular flexibility index (Phi) is 7.38. The highest BCUT2D eigenvalue weighted by atomic mass is 16.3. The molecule has 3 N–H and O–H groups in total. The fraction of sp³-hybridized carbons (Fsp3) is 0.750. The Balaban J connectivity index is 2.20. The normalized spacial score (nSPS) is 13.7. The predicted molar refractivity (Wildman–Crippen MR) is 87.9 cm³/mol. The van der Waals surface area contributed by atoms with Crippen LogP contribution in [0.2, 0.25) is 0 Å². The minimum atomic E-state index is -0.328. The van der Waals surface area contributed by atoms with Crippen LogP contribution < -0.4 is 10.6 Å². The van der Waals surface area contributed by atoms with Crippen molar-refractivity contribution in [3.63, 3.8) is 0 Å². The van der Waals surface area contributed by atoms with Crippen molar-refractivity contribution < 1.29 is 9.90 Å². The first-order valence-corrected chi connectivity index (χ1v) is 8.00. The van der Waals surface area contributed by atoms with Crippen LogP contribution in [-0.2, 0) is 13.5 Å². The van der Waals surface area contributed by atoms with E-state index in [1.54, 1.807) is 6.92 Å². The molecule has 2 amide bonds. The number of carbonyl (C=O) groups is 1. The second-order valence-electron chi connectivity index (χ2n) is 6.20. The molecule has 0 aliphatic rings. The van der Waals surface area contributed by atoms with Crippen molar-refractivity contribution in [3.8, 4) is 0 Å². The van der Waals surface area contributed by atoms with Crippen LogP contribution in [0, 0.1) is 19.8 Å². The predicted octanol–water partition coefficient (Wildman–Crippen LogP) is 1.68. The summed E-state index contributed by atoms with van der Waals surface area (Å²) in [7, 11) is 1.95. The second-order valence-corrected chi connectivity index (χ2v) is 6.20. The molecule has 0 bridgehead atoms. The largest absolute Gasteiger partial charge is 0.393 e. The maximum atomic E-state index is 11.7. The van der Waals surface area contributed by atoms with E-state index in [2.05, 4.69) is 22.7 Å². The topological polar surface area (TPSA) is 79.2 Å². The first-order valence-electron chi connectivity index (χ1n) is 8.00. The van der Waals surface area contributed by atoms with E-state index in [4.69, 9.17) is 0 Å². The van der Waals surface area contributed by atoms with Crippen molar-refractivity contribution in [2.45, 2.75) is 53.1 Å². The van der Waals surface area contributed by atoms with Gasteiger partial charge in [0, 0.05) is 25.8 Å². The van der Waals surface area contributed by atoms with Crippen LogP contribution in [0.1, 0.15) is 43.6 Å². The standard InChI is InChI=1S/C16H30N4O2/c1-11(9-12(2)21)10-18-16(22)17-8-6-7-15-13(3)19-20(5)14(15)4/h11-12,21H,6-10H2,1-5H3,(H2,17,18,22). The number of aryl methyl sites for hydroxylation is 2. The Morgan fingerprint density at radius 1 is 1.32 bits per heavy atom. The lowest BCUT2D eigenvalue weighted by molar-refractivity contribution is 0.163. The van der Waals surface area contributed by atoms with Gasteiger partial charge in [0.05, 0.1) is 11.8 Å². The number of aliphatic hydroxyl groups is 1. The molecule has 1 aromatic heterocycles. The lowest BCUT2D eigenvalue weighted by Gasteiger charge is -2.14. The van der Waals surface area contributed by atoms with Crippen LogP contribution in [0.4, 0.5) is 4.79 Å². The number of nitrogens with one attached hydrogen (secondary N) is 2. The molecular formula is C16H30N4O2. The lowest BCUT2D eigenvalue weighted by Crippen LogP contribution is -2.38. The molecule has 0 saturated carbocycles. The third-order valence-corrected chi connectivity index (χ3v) is 3.90. The van der Waals surface area contributed by atoms with E-state index in [0.29, 0.717) is 19.5 Å². The molecule has 0 spiro atoms. The maximum Gasteiger partial charge on any atom is 0.314 e. The van der Waals surface area contributed by atoms with E-state index < -0.39 is 0 Å². The van der Waals surface area contributed by atoms with Crippen molar-refractivity contribution in [3.05, 3.63) is 17.0 Å². The zero-order valence-corrected chi connectivity index (χ0v) is 14.4. The van der Waals surface area contributed by atoms with Gasteiger partial charge in [-0.05, 0) is 51.5 Å². The van der Waals surface area contributed by atoms with Gasteiger partial charge in [-0.15, -0.1) is 0 Å². The van der Waals surface area contributed by atoms with Gasteiger partial charge in [-0.1, -0.05) is 6.92 Å². The molecule has 1 aromatic rings. The SMILES string of the molecule is Cc1nn(C)c(C)c1CCCNC(=O)NCC(C)CC(C)O. The third-order valence-electron chi connectivity index (χ3n) is 3.90. The molecule has 0 saturated heterocycles. The first-order chi connectivity index (χ1) is 10.3. The summed E-state index contributed by atoms with van der Waals surface area (Å²) < 4.78 is 1.90. The number of hydrogen-bond acceptors (Lipinski definition) is 3. The van der Waals surface area contributed by atoms with Gasteiger partial charge in [0.15, 0.2) is 0 Å². The van der Waals surface area contributed by atoms with E-state index in [1.165, 1.54) is 11.3 Å². The Hall–Kier alpha value is -1.56. The molecule has 0 aromatic carbocycles. The number of aliphatic hydroxyl groups excluding tert-OH is 1. The Morgan fingerprint density at radius 2 is 2.00 bits per heavy atom. The summed E-state index contributed by atoms with van der Waals surface area (Å²) in [5.74, 6) is 0.270. The maximum absolute atomic E-state index is 11.7. The first kappa shape index (κ1) is 18.5. The van der Waals surface area contributed by atoms with Gasteiger partial charge in [-0.2, -0.15) is 5.10 Å². The van der Waals surface area contributed by atoms with Crippen LogP contribution in [0.15, 0.2) is 0 Å². The van der Waals surface area contributed by atoms with Crippen LogP contribution >= 0.6 is 0 Å². The molecule has 1 heterocycles. The fourth-order valence-corrected chi connectivity index (χ4v) is 2.64. The molecule has 126 valence electrons. The smallest absolute Gasteiger partial charge is 0.314 e. The minimum Gasteiger partial charge on any atom is -0.393 e. The highest BCUT2D eigenvalue weighted by Gasteiger charge is 2.10. The van der Waals surface area contributed by atoms with Gasteiger partial charge in [-0.25, -0.2) is 4.79 Å². The Labute approximate surface area is 133 Å². The summed E-state index contributed by atoms with van der Waals surface area (Å²) in [5, 5.41) is 19.4.